The molecule has 2 aromatic rings. The monoisotopic (exact) mass is 461 g/mol. The van der Waals surface area contributed by atoms with Gasteiger partial charge in [0.1, 0.15) is 28.6 Å². The van der Waals surface area contributed by atoms with Crippen molar-refractivity contribution in [2.24, 2.45) is 5.92 Å². The third kappa shape index (κ3) is 5.90. The molecule has 2 aromatic carbocycles. The van der Waals surface area contributed by atoms with E-state index < -0.39 is 16.1 Å². The molecular weight excluding hydrogens is 434 g/mol. The van der Waals surface area contributed by atoms with Gasteiger partial charge in [-0.1, -0.05) is 13.8 Å². The summed E-state index contributed by atoms with van der Waals surface area (Å²) in [4.78, 5) is 12.3. The summed E-state index contributed by atoms with van der Waals surface area (Å²) in [6, 6.07) is 10.6. The first-order valence-corrected chi connectivity index (χ1v) is 11.4. The molecule has 9 nitrogen and oxygen atoms in total. The first-order chi connectivity index (χ1) is 15.2. The predicted octanol–water partition coefficient (Wildman–Crippen LogP) is 3.38. The van der Waals surface area contributed by atoms with Crippen molar-refractivity contribution in [3.63, 3.8) is 0 Å². The van der Waals surface area contributed by atoms with Crippen molar-refractivity contribution >= 4 is 27.3 Å². The third-order valence-corrected chi connectivity index (χ3v) is 5.91. The van der Waals surface area contributed by atoms with Crippen LogP contribution < -0.4 is 19.5 Å². The topological polar surface area (TPSA) is 127 Å². The molecule has 0 radical (unpaired) electrons. The molecule has 172 valence electrons. The molecule has 0 saturated heterocycles. The second kappa shape index (κ2) is 10.8. The molecule has 0 aliphatic rings. The second-order valence-corrected chi connectivity index (χ2v) is 8.77. The minimum absolute atomic E-state index is 0.0420. The Balaban J connectivity index is 2.35. The first-order valence-electron chi connectivity index (χ1n) is 9.88. The average molecular weight is 462 g/mol. The van der Waals surface area contributed by atoms with Gasteiger partial charge in [-0.15, -0.1) is 0 Å². The number of anilines is 2. The molecule has 1 atom stereocenters. The van der Waals surface area contributed by atoms with Crippen LogP contribution in [0.2, 0.25) is 0 Å². The average Bonchev–Trinajstić information content (AvgIpc) is 2.73. The lowest BCUT2D eigenvalue weighted by atomic mass is 10.1. The van der Waals surface area contributed by atoms with Crippen LogP contribution in [0.1, 0.15) is 26.3 Å². The fraction of sp³-hybridized carbons (Fsp3) is 0.364. The Morgan fingerprint density at radius 1 is 1.09 bits per heavy atom. The van der Waals surface area contributed by atoms with Crippen LogP contribution in [-0.2, 0) is 19.6 Å². The summed E-state index contributed by atoms with van der Waals surface area (Å²) >= 11 is 0. The Bertz CT molecular complexity index is 1110. The van der Waals surface area contributed by atoms with Gasteiger partial charge in [0.25, 0.3) is 15.9 Å². The SMILES string of the molecule is CCOc1cc(NC(=O)[C@@H](OC)C(C)C)ccc1S(=O)(=O)Nc1ccc(C#N)c(OC)c1. The summed E-state index contributed by atoms with van der Waals surface area (Å²) in [7, 11) is -1.20. The Labute approximate surface area is 188 Å². The molecular formula is C22H27N3O6S. The fourth-order valence-electron chi connectivity index (χ4n) is 3.03. The molecule has 0 aromatic heterocycles. The normalized spacial score (nSPS) is 12.0. The Morgan fingerprint density at radius 2 is 1.75 bits per heavy atom. The highest BCUT2D eigenvalue weighted by molar-refractivity contribution is 7.92. The van der Waals surface area contributed by atoms with E-state index >= 15 is 0 Å². The van der Waals surface area contributed by atoms with Gasteiger partial charge in [0.15, 0.2) is 0 Å². The molecule has 32 heavy (non-hydrogen) atoms. The van der Waals surface area contributed by atoms with Crippen LogP contribution in [0.25, 0.3) is 0 Å². The molecule has 1 amide bonds. The molecule has 2 N–H and O–H groups in total. The minimum Gasteiger partial charge on any atom is -0.495 e. The van der Waals surface area contributed by atoms with Gasteiger partial charge in [-0.25, -0.2) is 8.42 Å². The number of benzene rings is 2. The molecule has 2 rings (SSSR count). The molecule has 0 aliphatic heterocycles. The number of hydrogen-bond donors (Lipinski definition) is 2. The fourth-order valence-corrected chi connectivity index (χ4v) is 4.21. The van der Waals surface area contributed by atoms with E-state index in [9.17, 15) is 13.2 Å². The summed E-state index contributed by atoms with van der Waals surface area (Å²) in [5.41, 5.74) is 0.877. The lowest BCUT2D eigenvalue weighted by Gasteiger charge is -2.19. The van der Waals surface area contributed by atoms with Crippen LogP contribution in [0.5, 0.6) is 11.5 Å². The summed E-state index contributed by atoms with van der Waals surface area (Å²) in [5.74, 6) is -0.0615. The maximum Gasteiger partial charge on any atom is 0.265 e. The number of nitriles is 1. The Kier molecular flexibility index (Phi) is 8.46. The van der Waals surface area contributed by atoms with E-state index in [1.165, 1.54) is 50.6 Å². The van der Waals surface area contributed by atoms with Gasteiger partial charge in [0.05, 0.1) is 25.0 Å². The largest absolute Gasteiger partial charge is 0.495 e. The number of carbonyl (C=O) groups is 1. The number of hydrogen-bond acceptors (Lipinski definition) is 7. The summed E-state index contributed by atoms with van der Waals surface area (Å²) in [5, 5.41) is 11.8. The van der Waals surface area contributed by atoms with Gasteiger partial charge in [0.2, 0.25) is 0 Å². The van der Waals surface area contributed by atoms with Crippen molar-refractivity contribution in [2.75, 3.05) is 30.9 Å². The van der Waals surface area contributed by atoms with E-state index in [0.717, 1.165) is 0 Å². The zero-order chi connectivity index (χ0) is 23.9. The van der Waals surface area contributed by atoms with Crippen LogP contribution in [0.3, 0.4) is 0 Å². The predicted molar refractivity (Wildman–Crippen MR) is 120 cm³/mol. The number of sulfonamides is 1. The van der Waals surface area contributed by atoms with Crippen LogP contribution in [-0.4, -0.2) is 41.3 Å². The number of ether oxygens (including phenoxy) is 3. The van der Waals surface area contributed by atoms with Crippen molar-refractivity contribution in [3.8, 4) is 17.6 Å². The second-order valence-electron chi connectivity index (χ2n) is 7.12. The number of nitrogens with zero attached hydrogens (tertiary/aromatic N) is 1. The summed E-state index contributed by atoms with van der Waals surface area (Å²) in [6.45, 7) is 5.66. The van der Waals surface area contributed by atoms with Gasteiger partial charge in [-0.05, 0) is 37.1 Å². The summed E-state index contributed by atoms with van der Waals surface area (Å²) in [6.07, 6.45) is -0.651. The van der Waals surface area contributed by atoms with Crippen molar-refractivity contribution in [1.82, 2.24) is 0 Å². The van der Waals surface area contributed by atoms with E-state index in [4.69, 9.17) is 19.5 Å². The molecule has 0 saturated carbocycles. The highest BCUT2D eigenvalue weighted by Gasteiger charge is 2.24. The number of nitrogens with one attached hydrogen (secondary N) is 2. The molecule has 0 bridgehead atoms. The minimum atomic E-state index is -4.04. The maximum absolute atomic E-state index is 13.0. The van der Waals surface area contributed by atoms with Gasteiger partial charge < -0.3 is 19.5 Å². The highest BCUT2D eigenvalue weighted by Crippen LogP contribution is 2.31. The molecule has 0 fully saturated rings. The summed E-state index contributed by atoms with van der Waals surface area (Å²) < 4.78 is 44.4. The molecule has 0 heterocycles. The lowest BCUT2D eigenvalue weighted by Crippen LogP contribution is -2.33. The van der Waals surface area contributed by atoms with E-state index in [1.54, 1.807) is 6.92 Å². The van der Waals surface area contributed by atoms with Crippen molar-refractivity contribution in [1.29, 1.82) is 5.26 Å². The number of carbonyl (C=O) groups excluding carboxylic acids is 1. The van der Waals surface area contributed by atoms with Crippen LogP contribution in [0.15, 0.2) is 41.3 Å². The van der Waals surface area contributed by atoms with Gasteiger partial charge in [0, 0.05) is 24.9 Å². The van der Waals surface area contributed by atoms with Crippen molar-refractivity contribution < 1.29 is 27.4 Å². The Hall–Kier alpha value is -3.29. The lowest BCUT2D eigenvalue weighted by molar-refractivity contribution is -0.128. The quantitative estimate of drug-likeness (QED) is 0.555. The molecule has 0 spiro atoms. The van der Waals surface area contributed by atoms with Gasteiger partial charge in [-0.3, -0.25) is 9.52 Å². The van der Waals surface area contributed by atoms with E-state index in [2.05, 4.69) is 10.0 Å². The zero-order valence-electron chi connectivity index (χ0n) is 18.6. The van der Waals surface area contributed by atoms with Crippen LogP contribution >= 0.6 is 0 Å². The molecule has 0 aliphatic carbocycles. The van der Waals surface area contributed by atoms with Crippen molar-refractivity contribution in [3.05, 3.63) is 42.0 Å². The van der Waals surface area contributed by atoms with E-state index in [0.29, 0.717) is 5.69 Å². The number of rotatable bonds is 10. The highest BCUT2D eigenvalue weighted by atomic mass is 32.2. The first kappa shape index (κ1) is 25.0. The molecule has 0 unspecified atom stereocenters. The maximum atomic E-state index is 13.0. The number of methoxy groups -OCH3 is 2. The Morgan fingerprint density at radius 3 is 2.31 bits per heavy atom. The third-order valence-electron chi connectivity index (χ3n) is 4.49. The zero-order valence-corrected chi connectivity index (χ0v) is 19.4. The van der Waals surface area contributed by atoms with Gasteiger partial charge >= 0.3 is 0 Å². The van der Waals surface area contributed by atoms with Crippen LogP contribution in [0, 0.1) is 17.2 Å². The van der Waals surface area contributed by atoms with E-state index in [1.807, 2.05) is 19.9 Å². The number of amides is 1. The molecule has 10 heteroatoms. The smallest absolute Gasteiger partial charge is 0.265 e. The van der Waals surface area contributed by atoms with Crippen molar-refractivity contribution in [2.45, 2.75) is 31.8 Å². The van der Waals surface area contributed by atoms with Gasteiger partial charge in [-0.2, -0.15) is 5.26 Å². The standard InChI is InChI=1S/C22H27N3O6S/c1-6-31-19-11-16(24-22(26)21(30-5)14(2)3)9-10-20(19)32(27,28)25-17-8-7-15(13-23)18(12-17)29-4/h7-12,14,21,25H,6H2,1-5H3,(H,24,26)/t21-/m0/s1. The van der Waals surface area contributed by atoms with E-state index in [-0.39, 0.29) is 46.1 Å². The van der Waals surface area contributed by atoms with Crippen LogP contribution in [0.4, 0.5) is 11.4 Å².